The summed E-state index contributed by atoms with van der Waals surface area (Å²) in [4.78, 5) is 12.3. The Morgan fingerprint density at radius 1 is 1.10 bits per heavy atom. The van der Waals surface area contributed by atoms with Crippen molar-refractivity contribution >= 4 is 11.9 Å². The Kier molecular flexibility index (Phi) is 6.59. The molecule has 1 aromatic heterocycles. The molecule has 162 valence electrons. The second kappa shape index (κ2) is 9.34. The fourth-order valence-corrected chi connectivity index (χ4v) is 2.85. The Morgan fingerprint density at radius 3 is 2.45 bits per heavy atom. The summed E-state index contributed by atoms with van der Waals surface area (Å²) in [7, 11) is 0. The third-order valence-electron chi connectivity index (χ3n) is 4.26. The molecular weight excluding hydrogens is 396 g/mol. The number of hydrogen-bond acceptors (Lipinski definition) is 7. The number of nitrogens with one attached hydrogen (secondary N) is 1. The summed E-state index contributed by atoms with van der Waals surface area (Å²) in [5.41, 5.74) is 7.08. The standard InChI is InChI=1S/C23H26N4O4/c1-23(2,3)31-22(29)25-18(15-9-5-4-6-10-15)14-30-20-13-17(26-27-21(20)24)16-11-7-8-12-19(16)28/h4-13,18,28H,14H2,1-3H3,(H2,24,27)(H,25,29). The Hall–Kier alpha value is -3.81. The van der Waals surface area contributed by atoms with Gasteiger partial charge in [-0.15, -0.1) is 10.2 Å². The largest absolute Gasteiger partial charge is 0.507 e. The molecule has 8 nitrogen and oxygen atoms in total. The zero-order valence-electron chi connectivity index (χ0n) is 17.7. The smallest absolute Gasteiger partial charge is 0.408 e. The van der Waals surface area contributed by atoms with Crippen LogP contribution in [0.25, 0.3) is 11.3 Å². The van der Waals surface area contributed by atoms with Gasteiger partial charge in [-0.2, -0.15) is 0 Å². The normalized spacial score (nSPS) is 12.1. The summed E-state index contributed by atoms with van der Waals surface area (Å²) in [6.07, 6.45) is -0.555. The second-order valence-electron chi connectivity index (χ2n) is 7.92. The Morgan fingerprint density at radius 2 is 1.77 bits per heavy atom. The van der Waals surface area contributed by atoms with Crippen molar-refractivity contribution in [1.82, 2.24) is 15.5 Å². The van der Waals surface area contributed by atoms with E-state index in [0.717, 1.165) is 5.56 Å². The third kappa shape index (κ3) is 6.08. The van der Waals surface area contributed by atoms with E-state index in [9.17, 15) is 9.90 Å². The number of carbonyl (C=O) groups is 1. The first kappa shape index (κ1) is 21.9. The number of phenolic OH excluding ortho intramolecular Hbond substituents is 1. The van der Waals surface area contributed by atoms with Crippen LogP contribution in [0.15, 0.2) is 60.7 Å². The number of amides is 1. The minimum absolute atomic E-state index is 0.0706. The number of alkyl carbamates (subject to hydrolysis) is 1. The molecule has 8 heteroatoms. The quantitative estimate of drug-likeness (QED) is 0.547. The highest BCUT2D eigenvalue weighted by Gasteiger charge is 2.22. The summed E-state index contributed by atoms with van der Waals surface area (Å²) < 4.78 is 11.3. The molecule has 1 unspecified atom stereocenters. The first-order valence-corrected chi connectivity index (χ1v) is 9.82. The molecule has 0 radical (unpaired) electrons. The van der Waals surface area contributed by atoms with E-state index in [2.05, 4.69) is 15.5 Å². The van der Waals surface area contributed by atoms with E-state index in [-0.39, 0.29) is 18.2 Å². The molecule has 0 fully saturated rings. The average molecular weight is 422 g/mol. The molecule has 1 heterocycles. The fraction of sp³-hybridized carbons (Fsp3) is 0.261. The summed E-state index contributed by atoms with van der Waals surface area (Å²) in [5.74, 6) is 0.463. The number of aromatic hydroxyl groups is 1. The van der Waals surface area contributed by atoms with Crippen LogP contribution in [-0.2, 0) is 4.74 Å². The number of aromatic nitrogens is 2. The van der Waals surface area contributed by atoms with Gasteiger partial charge in [0.2, 0.25) is 0 Å². The number of para-hydroxylation sites is 1. The number of hydrogen-bond donors (Lipinski definition) is 3. The lowest BCUT2D eigenvalue weighted by atomic mass is 10.1. The molecule has 2 aromatic carbocycles. The molecule has 4 N–H and O–H groups in total. The van der Waals surface area contributed by atoms with Crippen LogP contribution in [0.4, 0.5) is 10.6 Å². The van der Waals surface area contributed by atoms with Crippen LogP contribution in [-0.4, -0.2) is 33.6 Å². The van der Waals surface area contributed by atoms with Crippen LogP contribution < -0.4 is 15.8 Å². The fourth-order valence-electron chi connectivity index (χ4n) is 2.85. The molecule has 0 bridgehead atoms. The molecule has 1 amide bonds. The summed E-state index contributed by atoms with van der Waals surface area (Å²) in [6, 6.07) is 17.3. The zero-order valence-corrected chi connectivity index (χ0v) is 17.7. The highest BCUT2D eigenvalue weighted by atomic mass is 16.6. The van der Waals surface area contributed by atoms with Crippen molar-refractivity contribution < 1.29 is 19.4 Å². The number of anilines is 1. The number of nitrogens with two attached hydrogens (primary N) is 1. The molecule has 1 atom stereocenters. The van der Waals surface area contributed by atoms with Gasteiger partial charge < -0.3 is 25.6 Å². The zero-order chi connectivity index (χ0) is 22.4. The van der Waals surface area contributed by atoms with E-state index in [1.807, 2.05) is 30.3 Å². The maximum absolute atomic E-state index is 12.3. The number of nitrogen functional groups attached to an aromatic ring is 1. The van der Waals surface area contributed by atoms with Crippen molar-refractivity contribution in [3.05, 3.63) is 66.2 Å². The molecule has 0 saturated heterocycles. The van der Waals surface area contributed by atoms with E-state index in [4.69, 9.17) is 15.2 Å². The van der Waals surface area contributed by atoms with Crippen LogP contribution in [0.2, 0.25) is 0 Å². The summed E-state index contributed by atoms with van der Waals surface area (Å²) in [5, 5.41) is 20.9. The van der Waals surface area contributed by atoms with Crippen LogP contribution in [0.1, 0.15) is 32.4 Å². The van der Waals surface area contributed by atoms with E-state index in [1.165, 1.54) is 0 Å². The van der Waals surface area contributed by atoms with Crippen molar-refractivity contribution in [3.63, 3.8) is 0 Å². The van der Waals surface area contributed by atoms with Gasteiger partial charge in [-0.1, -0.05) is 42.5 Å². The topological polar surface area (TPSA) is 120 Å². The SMILES string of the molecule is CC(C)(C)OC(=O)NC(COc1cc(-c2ccccc2O)nnc1N)c1ccccc1. The molecular formula is C23H26N4O4. The lowest BCUT2D eigenvalue weighted by Crippen LogP contribution is -2.37. The number of phenols is 1. The summed E-state index contributed by atoms with van der Waals surface area (Å²) >= 11 is 0. The Balaban J connectivity index is 1.80. The third-order valence-corrected chi connectivity index (χ3v) is 4.26. The first-order valence-electron chi connectivity index (χ1n) is 9.82. The van der Waals surface area contributed by atoms with Crippen molar-refractivity contribution in [2.45, 2.75) is 32.4 Å². The van der Waals surface area contributed by atoms with Gasteiger partial charge in [-0.3, -0.25) is 0 Å². The van der Waals surface area contributed by atoms with Crippen molar-refractivity contribution in [2.75, 3.05) is 12.3 Å². The molecule has 31 heavy (non-hydrogen) atoms. The minimum atomic E-state index is -0.627. The average Bonchev–Trinajstić information content (AvgIpc) is 2.72. The molecule has 3 rings (SSSR count). The molecule has 0 aliphatic carbocycles. The molecule has 0 spiro atoms. The van der Waals surface area contributed by atoms with Gasteiger partial charge in [-0.05, 0) is 38.5 Å². The Labute approximate surface area is 181 Å². The highest BCUT2D eigenvalue weighted by Crippen LogP contribution is 2.31. The van der Waals surface area contributed by atoms with Gasteiger partial charge in [-0.25, -0.2) is 4.79 Å². The van der Waals surface area contributed by atoms with Crippen LogP contribution in [0, 0.1) is 0 Å². The van der Waals surface area contributed by atoms with Gasteiger partial charge in [0, 0.05) is 11.6 Å². The summed E-state index contributed by atoms with van der Waals surface area (Å²) in [6.45, 7) is 5.47. The second-order valence-corrected chi connectivity index (χ2v) is 7.92. The minimum Gasteiger partial charge on any atom is -0.507 e. The van der Waals surface area contributed by atoms with E-state index in [0.29, 0.717) is 17.0 Å². The van der Waals surface area contributed by atoms with Crippen molar-refractivity contribution in [1.29, 1.82) is 0 Å². The first-order chi connectivity index (χ1) is 14.7. The van der Waals surface area contributed by atoms with Crippen LogP contribution >= 0.6 is 0 Å². The molecule has 0 aliphatic heterocycles. The maximum Gasteiger partial charge on any atom is 0.408 e. The van der Waals surface area contributed by atoms with Gasteiger partial charge in [0.05, 0.1) is 6.04 Å². The van der Waals surface area contributed by atoms with Gasteiger partial charge >= 0.3 is 6.09 Å². The Bertz CT molecular complexity index is 1040. The van der Waals surface area contributed by atoms with E-state index in [1.54, 1.807) is 51.1 Å². The molecule has 0 saturated carbocycles. The predicted octanol–water partition coefficient (Wildman–Crippen LogP) is 4.08. The maximum atomic E-state index is 12.3. The van der Waals surface area contributed by atoms with Gasteiger partial charge in [0.15, 0.2) is 11.6 Å². The van der Waals surface area contributed by atoms with Gasteiger partial charge in [0.1, 0.15) is 23.7 Å². The highest BCUT2D eigenvalue weighted by molar-refractivity contribution is 5.69. The van der Waals surface area contributed by atoms with E-state index >= 15 is 0 Å². The lowest BCUT2D eigenvalue weighted by molar-refractivity contribution is 0.0487. The van der Waals surface area contributed by atoms with Gasteiger partial charge in [0.25, 0.3) is 0 Å². The van der Waals surface area contributed by atoms with Crippen LogP contribution in [0.5, 0.6) is 11.5 Å². The molecule has 3 aromatic rings. The number of ether oxygens (including phenoxy) is 2. The van der Waals surface area contributed by atoms with Crippen LogP contribution in [0.3, 0.4) is 0 Å². The number of rotatable bonds is 6. The molecule has 0 aliphatic rings. The van der Waals surface area contributed by atoms with Crippen molar-refractivity contribution in [2.24, 2.45) is 0 Å². The van der Waals surface area contributed by atoms with Crippen molar-refractivity contribution in [3.8, 4) is 22.8 Å². The number of benzene rings is 2. The monoisotopic (exact) mass is 422 g/mol. The van der Waals surface area contributed by atoms with E-state index < -0.39 is 17.7 Å². The predicted molar refractivity (Wildman–Crippen MR) is 118 cm³/mol. The lowest BCUT2D eigenvalue weighted by Gasteiger charge is -2.24. The number of nitrogens with zero attached hydrogens (tertiary/aromatic N) is 2. The number of carbonyl (C=O) groups excluding carboxylic acids is 1.